The molecule has 0 unspecified atom stereocenters. The zero-order valence-corrected chi connectivity index (χ0v) is 13.2. The Morgan fingerprint density at radius 2 is 1.79 bits per heavy atom. The van der Waals surface area contributed by atoms with Crippen LogP contribution in [-0.2, 0) is 9.53 Å². The maximum Gasteiger partial charge on any atom is 0.220 e. The standard InChI is InChI=1S/C15H30N2O2/c1-6-15(5,17-7-9-19-10-8-17)12-16-13(18)11-14(2,3)4/h6-12H2,1-5H3,(H,16,18)/t15-/m0/s1. The van der Waals surface area contributed by atoms with E-state index in [1.54, 1.807) is 0 Å². The molecule has 1 amide bonds. The van der Waals surface area contributed by atoms with Crippen LogP contribution >= 0.6 is 0 Å². The topological polar surface area (TPSA) is 41.6 Å². The second-order valence-electron chi connectivity index (χ2n) is 6.96. The van der Waals surface area contributed by atoms with Crippen molar-refractivity contribution < 1.29 is 9.53 Å². The van der Waals surface area contributed by atoms with Crippen LogP contribution in [0.1, 0.15) is 47.5 Å². The molecule has 1 rings (SSSR count). The highest BCUT2D eigenvalue weighted by molar-refractivity contribution is 5.76. The molecular formula is C15H30N2O2. The summed E-state index contributed by atoms with van der Waals surface area (Å²) in [5.41, 5.74) is 0.0863. The molecule has 0 aromatic rings. The van der Waals surface area contributed by atoms with E-state index in [0.717, 1.165) is 39.3 Å². The van der Waals surface area contributed by atoms with Crippen molar-refractivity contribution in [3.05, 3.63) is 0 Å². The van der Waals surface area contributed by atoms with Gasteiger partial charge in [0.25, 0.3) is 0 Å². The molecule has 0 aliphatic carbocycles. The molecule has 112 valence electrons. The van der Waals surface area contributed by atoms with Crippen molar-refractivity contribution in [1.29, 1.82) is 0 Å². The summed E-state index contributed by atoms with van der Waals surface area (Å²) in [5.74, 6) is 0.153. The van der Waals surface area contributed by atoms with Crippen molar-refractivity contribution in [1.82, 2.24) is 10.2 Å². The van der Waals surface area contributed by atoms with E-state index >= 15 is 0 Å². The van der Waals surface area contributed by atoms with E-state index in [1.807, 2.05) is 0 Å². The molecule has 0 spiro atoms. The Morgan fingerprint density at radius 1 is 1.21 bits per heavy atom. The molecular weight excluding hydrogens is 240 g/mol. The fourth-order valence-corrected chi connectivity index (χ4v) is 2.40. The van der Waals surface area contributed by atoms with Crippen molar-refractivity contribution in [2.24, 2.45) is 5.41 Å². The number of carbonyl (C=O) groups excluding carboxylic acids is 1. The molecule has 1 N–H and O–H groups in total. The fraction of sp³-hybridized carbons (Fsp3) is 0.933. The zero-order valence-electron chi connectivity index (χ0n) is 13.2. The summed E-state index contributed by atoms with van der Waals surface area (Å²) in [5, 5.41) is 3.11. The number of hydrogen-bond donors (Lipinski definition) is 1. The number of nitrogens with zero attached hydrogens (tertiary/aromatic N) is 1. The van der Waals surface area contributed by atoms with Gasteiger partial charge in [-0.05, 0) is 18.8 Å². The van der Waals surface area contributed by atoms with Crippen LogP contribution in [0.2, 0.25) is 0 Å². The Hall–Kier alpha value is -0.610. The molecule has 0 saturated carbocycles. The molecule has 4 nitrogen and oxygen atoms in total. The average Bonchev–Trinajstić information content (AvgIpc) is 2.35. The minimum atomic E-state index is 0.0390. The molecule has 0 bridgehead atoms. The zero-order chi connectivity index (χ0) is 14.5. The lowest BCUT2D eigenvalue weighted by Gasteiger charge is -2.43. The van der Waals surface area contributed by atoms with E-state index < -0.39 is 0 Å². The van der Waals surface area contributed by atoms with Crippen LogP contribution in [0.15, 0.2) is 0 Å². The number of morpholine rings is 1. The molecule has 1 saturated heterocycles. The Morgan fingerprint density at radius 3 is 2.26 bits per heavy atom. The minimum Gasteiger partial charge on any atom is -0.379 e. The fourth-order valence-electron chi connectivity index (χ4n) is 2.40. The van der Waals surface area contributed by atoms with Gasteiger partial charge < -0.3 is 10.1 Å². The van der Waals surface area contributed by atoms with Crippen molar-refractivity contribution >= 4 is 5.91 Å². The highest BCUT2D eigenvalue weighted by Crippen LogP contribution is 2.21. The molecule has 0 aromatic heterocycles. The molecule has 1 aliphatic heterocycles. The predicted octanol–water partition coefficient (Wildman–Crippen LogP) is 2.04. The summed E-state index contributed by atoms with van der Waals surface area (Å²) in [6.07, 6.45) is 1.61. The summed E-state index contributed by atoms with van der Waals surface area (Å²) < 4.78 is 5.40. The van der Waals surface area contributed by atoms with E-state index in [2.05, 4.69) is 44.8 Å². The molecule has 1 fully saturated rings. The second-order valence-corrected chi connectivity index (χ2v) is 6.96. The third-order valence-corrected chi connectivity index (χ3v) is 3.89. The smallest absolute Gasteiger partial charge is 0.220 e. The van der Waals surface area contributed by atoms with Crippen molar-refractivity contribution in [3.8, 4) is 0 Å². The highest BCUT2D eigenvalue weighted by atomic mass is 16.5. The minimum absolute atomic E-state index is 0.0390. The third-order valence-electron chi connectivity index (χ3n) is 3.89. The Labute approximate surface area is 117 Å². The van der Waals surface area contributed by atoms with Crippen LogP contribution in [0.4, 0.5) is 0 Å². The normalized spacial score (nSPS) is 20.9. The summed E-state index contributed by atoms with van der Waals surface area (Å²) in [4.78, 5) is 14.4. The Bertz CT molecular complexity index is 293. The SMILES string of the molecule is CC[C@@](C)(CNC(=O)CC(C)(C)C)N1CCOCC1. The van der Waals surface area contributed by atoms with Gasteiger partial charge in [0.15, 0.2) is 0 Å². The molecule has 0 aromatic carbocycles. The quantitative estimate of drug-likeness (QED) is 0.831. The maximum atomic E-state index is 11.9. The summed E-state index contributed by atoms with van der Waals surface area (Å²) >= 11 is 0. The monoisotopic (exact) mass is 270 g/mol. The lowest BCUT2D eigenvalue weighted by Crippen LogP contribution is -2.57. The largest absolute Gasteiger partial charge is 0.379 e. The first-order chi connectivity index (χ1) is 8.77. The first-order valence-corrected chi connectivity index (χ1v) is 7.36. The van der Waals surface area contributed by atoms with E-state index in [0.29, 0.717) is 6.42 Å². The molecule has 19 heavy (non-hydrogen) atoms. The van der Waals surface area contributed by atoms with Crippen molar-refractivity contribution in [2.75, 3.05) is 32.8 Å². The first-order valence-electron chi connectivity index (χ1n) is 7.36. The molecule has 0 radical (unpaired) electrons. The number of carbonyl (C=O) groups is 1. The molecule has 1 aliphatic rings. The van der Waals surface area contributed by atoms with Gasteiger partial charge in [-0.25, -0.2) is 0 Å². The van der Waals surface area contributed by atoms with E-state index in [-0.39, 0.29) is 16.9 Å². The van der Waals surface area contributed by atoms with E-state index in [1.165, 1.54) is 0 Å². The van der Waals surface area contributed by atoms with Crippen LogP contribution in [0.3, 0.4) is 0 Å². The van der Waals surface area contributed by atoms with Gasteiger partial charge in [-0.1, -0.05) is 27.7 Å². The van der Waals surface area contributed by atoms with Gasteiger partial charge in [-0.2, -0.15) is 0 Å². The van der Waals surface area contributed by atoms with Crippen LogP contribution < -0.4 is 5.32 Å². The number of amides is 1. The third kappa shape index (κ3) is 5.49. The van der Waals surface area contributed by atoms with Gasteiger partial charge in [0, 0.05) is 31.6 Å². The summed E-state index contributed by atoms with van der Waals surface area (Å²) in [6, 6.07) is 0. The van der Waals surface area contributed by atoms with Gasteiger partial charge in [-0.3, -0.25) is 9.69 Å². The molecule has 1 atom stereocenters. The summed E-state index contributed by atoms with van der Waals surface area (Å²) in [6.45, 7) is 14.9. The van der Waals surface area contributed by atoms with Gasteiger partial charge >= 0.3 is 0 Å². The molecule has 4 heteroatoms. The number of nitrogens with one attached hydrogen (secondary N) is 1. The lowest BCUT2D eigenvalue weighted by atomic mass is 9.91. The Kier molecular flexibility index (Phi) is 5.81. The average molecular weight is 270 g/mol. The maximum absolute atomic E-state index is 11.9. The number of ether oxygens (including phenoxy) is 1. The van der Waals surface area contributed by atoms with Crippen molar-refractivity contribution in [2.45, 2.75) is 53.0 Å². The van der Waals surface area contributed by atoms with Crippen molar-refractivity contribution in [3.63, 3.8) is 0 Å². The van der Waals surface area contributed by atoms with Gasteiger partial charge in [0.2, 0.25) is 5.91 Å². The van der Waals surface area contributed by atoms with Crippen LogP contribution in [0, 0.1) is 5.41 Å². The van der Waals surface area contributed by atoms with Gasteiger partial charge in [0.1, 0.15) is 0 Å². The van der Waals surface area contributed by atoms with E-state index in [4.69, 9.17) is 4.74 Å². The second kappa shape index (κ2) is 6.71. The van der Waals surface area contributed by atoms with Gasteiger partial charge in [-0.15, -0.1) is 0 Å². The highest BCUT2D eigenvalue weighted by Gasteiger charge is 2.31. The molecule has 1 heterocycles. The van der Waals surface area contributed by atoms with Gasteiger partial charge in [0.05, 0.1) is 13.2 Å². The first kappa shape index (κ1) is 16.4. The van der Waals surface area contributed by atoms with Crippen LogP contribution in [-0.4, -0.2) is 49.2 Å². The van der Waals surface area contributed by atoms with Crippen LogP contribution in [0.25, 0.3) is 0 Å². The number of rotatable bonds is 5. The predicted molar refractivity (Wildman–Crippen MR) is 78.2 cm³/mol. The van der Waals surface area contributed by atoms with E-state index in [9.17, 15) is 4.79 Å². The number of hydrogen-bond acceptors (Lipinski definition) is 3. The Balaban J connectivity index is 2.48. The lowest BCUT2D eigenvalue weighted by molar-refractivity contribution is -0.123. The summed E-state index contributed by atoms with van der Waals surface area (Å²) in [7, 11) is 0. The van der Waals surface area contributed by atoms with Crippen LogP contribution in [0.5, 0.6) is 0 Å².